The van der Waals surface area contributed by atoms with E-state index in [1.165, 1.54) is 24.0 Å². The van der Waals surface area contributed by atoms with E-state index in [0.29, 0.717) is 12.8 Å². The maximum Gasteiger partial charge on any atom is 0.308 e. The number of carbonyl (C=O) groups excluding carboxylic acids is 1. The highest BCUT2D eigenvalue weighted by molar-refractivity contribution is 5.79. The summed E-state index contributed by atoms with van der Waals surface area (Å²) in [6.07, 6.45) is 6.43. The van der Waals surface area contributed by atoms with Crippen LogP contribution in [0.2, 0.25) is 0 Å². The van der Waals surface area contributed by atoms with Crippen LogP contribution in [0.1, 0.15) is 49.3 Å². The van der Waals surface area contributed by atoms with Crippen LogP contribution in [0, 0.1) is 5.92 Å². The lowest BCUT2D eigenvalue weighted by molar-refractivity contribution is -0.141. The molecule has 0 saturated carbocycles. The van der Waals surface area contributed by atoms with Crippen LogP contribution in [0.3, 0.4) is 0 Å². The molecular formula is C18H25NO3. The molecular weight excluding hydrogens is 278 g/mol. The largest absolute Gasteiger partial charge is 0.481 e. The number of carboxylic acid groups (broad SMARTS) is 1. The second-order valence-corrected chi connectivity index (χ2v) is 6.11. The lowest BCUT2D eigenvalue weighted by atomic mass is 9.90. The molecule has 1 aliphatic carbocycles. The van der Waals surface area contributed by atoms with Gasteiger partial charge in [-0.15, -0.1) is 0 Å². The van der Waals surface area contributed by atoms with Gasteiger partial charge in [-0.2, -0.15) is 0 Å². The molecule has 0 aromatic heterocycles. The Hall–Kier alpha value is -1.84. The lowest BCUT2D eigenvalue weighted by Crippen LogP contribution is -2.33. The fourth-order valence-electron chi connectivity index (χ4n) is 3.04. The average molecular weight is 303 g/mol. The average Bonchev–Trinajstić information content (AvgIpc) is 2.51. The highest BCUT2D eigenvalue weighted by Gasteiger charge is 2.17. The van der Waals surface area contributed by atoms with Crippen LogP contribution in [-0.2, 0) is 28.9 Å². The van der Waals surface area contributed by atoms with Gasteiger partial charge in [0.15, 0.2) is 0 Å². The van der Waals surface area contributed by atoms with Gasteiger partial charge in [0.05, 0.1) is 12.3 Å². The SMILES string of the molecule is CCCC(CNC(=O)Cc1ccc2c(c1)CCCC2)C(=O)O. The number of aliphatic carboxylic acids is 1. The molecule has 0 heterocycles. The second-order valence-electron chi connectivity index (χ2n) is 6.11. The molecule has 0 radical (unpaired) electrons. The molecule has 22 heavy (non-hydrogen) atoms. The van der Waals surface area contributed by atoms with Gasteiger partial charge in [0.2, 0.25) is 5.91 Å². The Balaban J connectivity index is 1.87. The van der Waals surface area contributed by atoms with Gasteiger partial charge in [0, 0.05) is 6.54 Å². The van der Waals surface area contributed by atoms with Gasteiger partial charge in [-0.05, 0) is 48.8 Å². The van der Waals surface area contributed by atoms with E-state index in [4.69, 9.17) is 5.11 Å². The Morgan fingerprint density at radius 2 is 1.95 bits per heavy atom. The van der Waals surface area contributed by atoms with Crippen molar-refractivity contribution < 1.29 is 14.7 Å². The number of amides is 1. The standard InChI is InChI=1S/C18H25NO3/c1-2-5-16(18(21)22)12-19-17(20)11-13-8-9-14-6-3-4-7-15(14)10-13/h8-10,16H,2-7,11-12H2,1H3,(H,19,20)(H,21,22). The maximum atomic E-state index is 12.0. The predicted octanol–water partition coefficient (Wildman–Crippen LogP) is 2.73. The topological polar surface area (TPSA) is 66.4 Å². The number of hydrogen-bond acceptors (Lipinski definition) is 2. The Morgan fingerprint density at radius 1 is 1.23 bits per heavy atom. The van der Waals surface area contributed by atoms with E-state index in [1.807, 2.05) is 13.0 Å². The minimum absolute atomic E-state index is 0.0990. The molecule has 0 bridgehead atoms. The first-order valence-corrected chi connectivity index (χ1v) is 8.20. The molecule has 4 heteroatoms. The molecule has 0 fully saturated rings. The van der Waals surface area contributed by atoms with Crippen LogP contribution in [0.4, 0.5) is 0 Å². The summed E-state index contributed by atoms with van der Waals surface area (Å²) >= 11 is 0. The van der Waals surface area contributed by atoms with Crippen molar-refractivity contribution in [2.45, 2.75) is 51.9 Å². The molecule has 2 rings (SSSR count). The van der Waals surface area contributed by atoms with Crippen molar-refractivity contribution in [3.8, 4) is 0 Å². The van der Waals surface area contributed by atoms with Gasteiger partial charge < -0.3 is 10.4 Å². The zero-order valence-corrected chi connectivity index (χ0v) is 13.2. The van der Waals surface area contributed by atoms with Gasteiger partial charge in [-0.1, -0.05) is 31.5 Å². The van der Waals surface area contributed by atoms with E-state index in [0.717, 1.165) is 24.8 Å². The molecule has 1 aromatic rings. The second kappa shape index (κ2) is 7.97. The van der Waals surface area contributed by atoms with Crippen LogP contribution < -0.4 is 5.32 Å². The number of nitrogens with one attached hydrogen (secondary N) is 1. The Labute approximate surface area is 131 Å². The summed E-state index contributed by atoms with van der Waals surface area (Å²) in [6, 6.07) is 6.29. The molecule has 0 aliphatic heterocycles. The minimum atomic E-state index is -0.837. The zero-order valence-electron chi connectivity index (χ0n) is 13.2. The molecule has 1 atom stereocenters. The van der Waals surface area contributed by atoms with Gasteiger partial charge in [0.1, 0.15) is 0 Å². The van der Waals surface area contributed by atoms with E-state index in [-0.39, 0.29) is 12.5 Å². The highest BCUT2D eigenvalue weighted by atomic mass is 16.4. The first kappa shape index (κ1) is 16.5. The smallest absolute Gasteiger partial charge is 0.308 e. The molecule has 4 nitrogen and oxygen atoms in total. The normalized spacial score (nSPS) is 15.0. The fraction of sp³-hybridized carbons (Fsp3) is 0.556. The summed E-state index contributed by atoms with van der Waals surface area (Å²) < 4.78 is 0. The summed E-state index contributed by atoms with van der Waals surface area (Å²) in [7, 11) is 0. The minimum Gasteiger partial charge on any atom is -0.481 e. The molecule has 1 aromatic carbocycles. The molecule has 1 aliphatic rings. The third kappa shape index (κ3) is 4.58. The van der Waals surface area contributed by atoms with Gasteiger partial charge in [-0.3, -0.25) is 9.59 Å². The summed E-state index contributed by atoms with van der Waals surface area (Å²) in [6.45, 7) is 2.16. The third-order valence-electron chi connectivity index (χ3n) is 4.31. The number of carboxylic acids is 1. The molecule has 0 spiro atoms. The number of carbonyl (C=O) groups is 2. The predicted molar refractivity (Wildman–Crippen MR) is 85.8 cm³/mol. The zero-order chi connectivity index (χ0) is 15.9. The molecule has 2 N–H and O–H groups in total. The van der Waals surface area contributed by atoms with Crippen molar-refractivity contribution in [2.24, 2.45) is 5.92 Å². The summed E-state index contributed by atoms with van der Waals surface area (Å²) in [4.78, 5) is 23.1. The summed E-state index contributed by atoms with van der Waals surface area (Å²) in [5.41, 5.74) is 3.79. The number of fused-ring (bicyclic) bond motifs is 1. The number of rotatable bonds is 7. The Bertz CT molecular complexity index is 539. The van der Waals surface area contributed by atoms with Crippen molar-refractivity contribution >= 4 is 11.9 Å². The van der Waals surface area contributed by atoms with Crippen molar-refractivity contribution in [2.75, 3.05) is 6.54 Å². The van der Waals surface area contributed by atoms with Crippen molar-refractivity contribution in [1.29, 1.82) is 0 Å². The van der Waals surface area contributed by atoms with Crippen LogP contribution in [0.15, 0.2) is 18.2 Å². The van der Waals surface area contributed by atoms with E-state index >= 15 is 0 Å². The maximum absolute atomic E-state index is 12.0. The summed E-state index contributed by atoms with van der Waals surface area (Å²) in [5, 5.41) is 11.8. The molecule has 0 saturated heterocycles. The van der Waals surface area contributed by atoms with E-state index in [9.17, 15) is 9.59 Å². The Morgan fingerprint density at radius 3 is 2.64 bits per heavy atom. The lowest BCUT2D eigenvalue weighted by Gasteiger charge is -2.17. The van der Waals surface area contributed by atoms with Crippen molar-refractivity contribution in [3.63, 3.8) is 0 Å². The van der Waals surface area contributed by atoms with E-state index in [2.05, 4.69) is 17.4 Å². The summed E-state index contributed by atoms with van der Waals surface area (Å²) in [5.74, 6) is -1.42. The van der Waals surface area contributed by atoms with Crippen LogP contribution >= 0.6 is 0 Å². The molecule has 120 valence electrons. The first-order chi connectivity index (χ1) is 10.6. The van der Waals surface area contributed by atoms with Crippen molar-refractivity contribution in [1.82, 2.24) is 5.32 Å². The van der Waals surface area contributed by atoms with Gasteiger partial charge in [0.25, 0.3) is 0 Å². The number of aryl methyl sites for hydroxylation is 2. The van der Waals surface area contributed by atoms with E-state index in [1.54, 1.807) is 0 Å². The van der Waals surface area contributed by atoms with Gasteiger partial charge in [-0.25, -0.2) is 0 Å². The quantitative estimate of drug-likeness (QED) is 0.814. The Kier molecular flexibility index (Phi) is 5.99. The van der Waals surface area contributed by atoms with Crippen LogP contribution in [-0.4, -0.2) is 23.5 Å². The molecule has 1 unspecified atom stereocenters. The molecule has 1 amide bonds. The number of benzene rings is 1. The number of hydrogen-bond donors (Lipinski definition) is 2. The van der Waals surface area contributed by atoms with Crippen molar-refractivity contribution in [3.05, 3.63) is 34.9 Å². The van der Waals surface area contributed by atoms with Crippen LogP contribution in [0.5, 0.6) is 0 Å². The third-order valence-corrected chi connectivity index (χ3v) is 4.31. The first-order valence-electron chi connectivity index (χ1n) is 8.20. The van der Waals surface area contributed by atoms with Gasteiger partial charge >= 0.3 is 5.97 Å². The monoisotopic (exact) mass is 303 g/mol. The van der Waals surface area contributed by atoms with Crippen LogP contribution in [0.25, 0.3) is 0 Å². The highest BCUT2D eigenvalue weighted by Crippen LogP contribution is 2.22. The van der Waals surface area contributed by atoms with E-state index < -0.39 is 11.9 Å². The fourth-order valence-corrected chi connectivity index (χ4v) is 3.04.